The molecule has 0 aliphatic heterocycles. The van der Waals surface area contributed by atoms with Crippen LogP contribution in [0.25, 0.3) is 0 Å². The van der Waals surface area contributed by atoms with Crippen LogP contribution in [0.15, 0.2) is 22.7 Å². The Morgan fingerprint density at radius 2 is 1.93 bits per heavy atom. The van der Waals surface area contributed by atoms with Crippen molar-refractivity contribution < 1.29 is 74.5 Å². The van der Waals surface area contributed by atoms with Crippen LogP contribution in [0.3, 0.4) is 0 Å². The molecule has 15 heavy (non-hydrogen) atoms. The van der Waals surface area contributed by atoms with E-state index >= 15 is 0 Å². The molecule has 78 valence electrons. The van der Waals surface area contributed by atoms with Gasteiger partial charge in [0, 0.05) is 71.5 Å². The monoisotopic (exact) mass is 424 g/mol. The molecule has 0 atom stereocenters. The molecule has 0 saturated heterocycles. The zero-order valence-electron chi connectivity index (χ0n) is 8.84. The maximum Gasteiger partial charge on any atom is 0.141 e. The first-order valence-electron chi connectivity index (χ1n) is 4.17. The minimum absolute atomic E-state index is 0. The maximum absolute atomic E-state index is 13.0. The van der Waals surface area contributed by atoms with Gasteiger partial charge in [-0.3, -0.25) is 0 Å². The molecule has 1 rings (SSSR count). The second-order valence-corrected chi connectivity index (χ2v) is 4.14. The smallest absolute Gasteiger partial charge is 0.141 e. The predicted molar refractivity (Wildman–Crippen MR) is 54.4 cm³/mol. The number of halogens is 2. The molecule has 0 saturated carbocycles. The molecule has 2 radical (unpaired) electrons. The van der Waals surface area contributed by atoms with E-state index in [4.69, 9.17) is 4.74 Å². The Balaban J connectivity index is 0. The third kappa shape index (κ3) is 7.54. The van der Waals surface area contributed by atoms with Crippen molar-refractivity contribution in [1.82, 2.24) is 0 Å². The van der Waals surface area contributed by atoms with Crippen molar-refractivity contribution in [2.24, 2.45) is 5.92 Å². The summed E-state index contributed by atoms with van der Waals surface area (Å²) in [5.41, 5.74) is 0. The van der Waals surface area contributed by atoms with Crippen molar-refractivity contribution >= 4 is 15.9 Å². The Labute approximate surface area is 149 Å². The van der Waals surface area contributed by atoms with E-state index in [0.717, 1.165) is 0 Å². The summed E-state index contributed by atoms with van der Waals surface area (Å²) in [7, 11) is 0. The second kappa shape index (κ2) is 9.65. The summed E-state index contributed by atoms with van der Waals surface area (Å²) in [4.78, 5) is 0. The van der Waals surface area contributed by atoms with Crippen molar-refractivity contribution in [2.45, 2.75) is 13.8 Å². The third-order valence-electron chi connectivity index (χ3n) is 1.47. The molecule has 5 heteroatoms. The molecular weight excluding hydrogens is 413 g/mol. The van der Waals surface area contributed by atoms with Crippen LogP contribution in [-0.2, 0) is 65.4 Å². The van der Waals surface area contributed by atoms with Gasteiger partial charge < -0.3 is 4.74 Å². The van der Waals surface area contributed by atoms with E-state index in [9.17, 15) is 4.39 Å². The van der Waals surface area contributed by atoms with Crippen molar-refractivity contribution in [2.75, 3.05) is 6.61 Å². The minimum Gasteiger partial charge on any atom is -0.493 e. The van der Waals surface area contributed by atoms with Crippen molar-refractivity contribution in [3.8, 4) is 5.75 Å². The van der Waals surface area contributed by atoms with Crippen molar-refractivity contribution in [3.05, 3.63) is 28.5 Å². The van der Waals surface area contributed by atoms with Gasteiger partial charge in [0.2, 0.25) is 0 Å². The first kappa shape index (κ1) is 19.0. The molecule has 0 bridgehead atoms. The Bertz CT molecular complexity index is 295. The number of benzene rings is 1. The standard InChI is InChI=1S/C10H12BrFO.2Y/c1-7(2)6-13-8-3-4-9(11)10(12)5-8;;/h3-5,7H,6H2,1-2H3;;. The molecular formula is C10H12BrFOY2. The van der Waals surface area contributed by atoms with Crippen LogP contribution in [0, 0.1) is 11.7 Å². The van der Waals surface area contributed by atoms with E-state index in [2.05, 4.69) is 29.8 Å². The molecule has 1 aromatic rings. The first-order valence-corrected chi connectivity index (χ1v) is 4.96. The van der Waals surface area contributed by atoms with Crippen LogP contribution in [0.4, 0.5) is 4.39 Å². The van der Waals surface area contributed by atoms with Gasteiger partial charge in [0.05, 0.1) is 11.1 Å². The summed E-state index contributed by atoms with van der Waals surface area (Å²) in [6, 6.07) is 4.77. The average Bonchev–Trinajstić information content (AvgIpc) is 2.07. The summed E-state index contributed by atoms with van der Waals surface area (Å²) in [5, 5.41) is 0. The number of hydrogen-bond acceptors (Lipinski definition) is 1. The van der Waals surface area contributed by atoms with Gasteiger partial charge in [-0.15, -0.1) is 0 Å². The molecule has 0 amide bonds. The van der Waals surface area contributed by atoms with E-state index in [-0.39, 0.29) is 71.2 Å². The fourth-order valence-electron chi connectivity index (χ4n) is 0.830. The van der Waals surface area contributed by atoms with Gasteiger partial charge in [0.25, 0.3) is 0 Å². The minimum atomic E-state index is -0.291. The molecule has 0 aliphatic carbocycles. The molecule has 0 aromatic heterocycles. The van der Waals surface area contributed by atoms with Crippen LogP contribution >= 0.6 is 15.9 Å². The molecule has 0 N–H and O–H groups in total. The van der Waals surface area contributed by atoms with E-state index in [1.54, 1.807) is 12.1 Å². The molecule has 0 fully saturated rings. The Morgan fingerprint density at radius 1 is 1.33 bits per heavy atom. The fraction of sp³-hybridized carbons (Fsp3) is 0.400. The van der Waals surface area contributed by atoms with E-state index in [0.29, 0.717) is 22.7 Å². The van der Waals surface area contributed by atoms with Crippen LogP contribution in [0.5, 0.6) is 5.75 Å². The fourth-order valence-corrected chi connectivity index (χ4v) is 1.08. The van der Waals surface area contributed by atoms with E-state index in [1.165, 1.54) is 6.07 Å². The number of rotatable bonds is 3. The van der Waals surface area contributed by atoms with E-state index in [1.807, 2.05) is 0 Å². The van der Waals surface area contributed by atoms with Crippen molar-refractivity contribution in [1.29, 1.82) is 0 Å². The van der Waals surface area contributed by atoms with Crippen LogP contribution in [0.2, 0.25) is 0 Å². The molecule has 0 spiro atoms. The first-order chi connectivity index (χ1) is 6.09. The van der Waals surface area contributed by atoms with Gasteiger partial charge in [-0.25, -0.2) is 4.39 Å². The van der Waals surface area contributed by atoms with Crippen LogP contribution < -0.4 is 4.74 Å². The van der Waals surface area contributed by atoms with Crippen LogP contribution in [0.1, 0.15) is 13.8 Å². The summed E-state index contributed by atoms with van der Waals surface area (Å²) in [5.74, 6) is 0.738. The van der Waals surface area contributed by atoms with Gasteiger partial charge in [-0.2, -0.15) is 0 Å². The summed E-state index contributed by atoms with van der Waals surface area (Å²) in [6.45, 7) is 4.71. The van der Waals surface area contributed by atoms with Crippen LogP contribution in [-0.4, -0.2) is 6.61 Å². The molecule has 0 heterocycles. The Kier molecular flexibility index (Phi) is 12.2. The van der Waals surface area contributed by atoms with Gasteiger partial charge >= 0.3 is 0 Å². The van der Waals surface area contributed by atoms with Gasteiger partial charge in [-0.05, 0) is 34.0 Å². The molecule has 1 aromatic carbocycles. The number of hydrogen-bond donors (Lipinski definition) is 0. The molecule has 0 unspecified atom stereocenters. The van der Waals surface area contributed by atoms with E-state index < -0.39 is 0 Å². The molecule has 0 aliphatic rings. The van der Waals surface area contributed by atoms with Gasteiger partial charge in [-0.1, -0.05) is 13.8 Å². The predicted octanol–water partition coefficient (Wildman–Crippen LogP) is 3.62. The molecule has 1 nitrogen and oxygen atoms in total. The Morgan fingerprint density at radius 3 is 2.40 bits per heavy atom. The Hall–Kier alpha value is 1.64. The maximum atomic E-state index is 13.0. The largest absolute Gasteiger partial charge is 0.493 e. The number of ether oxygens (including phenoxy) is 1. The second-order valence-electron chi connectivity index (χ2n) is 3.28. The zero-order valence-corrected chi connectivity index (χ0v) is 16.1. The SMILES string of the molecule is CC(C)COc1ccc(Br)c(F)c1.[Y].[Y]. The third-order valence-corrected chi connectivity index (χ3v) is 2.12. The van der Waals surface area contributed by atoms with Crippen molar-refractivity contribution in [3.63, 3.8) is 0 Å². The topological polar surface area (TPSA) is 9.23 Å². The normalized spacial score (nSPS) is 9.13. The summed E-state index contributed by atoms with van der Waals surface area (Å²) < 4.78 is 18.8. The average molecular weight is 425 g/mol. The quantitative estimate of drug-likeness (QED) is 0.720. The summed E-state index contributed by atoms with van der Waals surface area (Å²) in [6.07, 6.45) is 0. The van der Waals surface area contributed by atoms with Gasteiger partial charge in [0.1, 0.15) is 11.6 Å². The van der Waals surface area contributed by atoms with Gasteiger partial charge in [0.15, 0.2) is 0 Å². The summed E-state index contributed by atoms with van der Waals surface area (Å²) >= 11 is 3.08. The zero-order chi connectivity index (χ0) is 9.84.